The first-order valence-electron chi connectivity index (χ1n) is 9.78. The van der Waals surface area contributed by atoms with E-state index in [0.29, 0.717) is 0 Å². The van der Waals surface area contributed by atoms with Crippen molar-refractivity contribution >= 4 is 17.3 Å². The van der Waals surface area contributed by atoms with Gasteiger partial charge in [0.15, 0.2) is 0 Å². The summed E-state index contributed by atoms with van der Waals surface area (Å²) in [7, 11) is 1.34. The quantitative estimate of drug-likeness (QED) is 0.255. The highest BCUT2D eigenvalue weighted by molar-refractivity contribution is 6.46. The summed E-state index contributed by atoms with van der Waals surface area (Å²) in [4.78, 5) is 16.6. The number of carbonyl (C=O) groups is 1. The van der Waals surface area contributed by atoms with E-state index in [-0.39, 0.29) is 34.9 Å². The van der Waals surface area contributed by atoms with Gasteiger partial charge in [-0.3, -0.25) is 9.79 Å². The number of benzene rings is 2. The molecule has 0 aliphatic rings. The third-order valence-corrected chi connectivity index (χ3v) is 4.84. The summed E-state index contributed by atoms with van der Waals surface area (Å²) >= 11 is 0. The average Bonchev–Trinajstić information content (AvgIpc) is 2.78. The van der Waals surface area contributed by atoms with Crippen molar-refractivity contribution in [1.82, 2.24) is 5.32 Å². The number of nitrogens with one attached hydrogen (secondary N) is 1. The lowest BCUT2D eigenvalue weighted by atomic mass is 10.0. The topological polar surface area (TPSA) is 117 Å². The molecule has 33 heavy (non-hydrogen) atoms. The number of ether oxygens (including phenoxy) is 1. The monoisotopic (exact) mass is 471 g/mol. The molecule has 0 fully saturated rings. The molecule has 180 valence electrons. The largest absolute Gasteiger partial charge is 0.489 e. The molecule has 2 rings (SSSR count). The van der Waals surface area contributed by atoms with Crippen molar-refractivity contribution in [2.45, 2.75) is 31.4 Å². The van der Waals surface area contributed by atoms with Crippen molar-refractivity contribution in [2.24, 2.45) is 4.99 Å². The number of nitrogens with zero attached hydrogens (tertiary/aromatic N) is 1. The fourth-order valence-corrected chi connectivity index (χ4v) is 2.89. The van der Waals surface area contributed by atoms with Crippen LogP contribution in [0, 0.1) is 0 Å². The molecule has 0 radical (unpaired) electrons. The van der Waals surface area contributed by atoms with Crippen LogP contribution in [0.1, 0.15) is 29.8 Å². The van der Waals surface area contributed by atoms with Crippen LogP contribution in [0.2, 0.25) is 0 Å². The molecular formula is C22H25F4N3O4. The van der Waals surface area contributed by atoms with Crippen LogP contribution in [0.15, 0.2) is 47.5 Å². The highest BCUT2D eigenvalue weighted by atomic mass is 19.4. The standard InChI is InChI=1S/C22H25F4N3O4/c1-21(11-30,12-31)29-20(32)18(28-2)16-9-14(7-8-17(16)27)33-10-13-5-3-4-6-15(13)19(23)22(24,25)26/h3-9,19,30-31H,10-12,27H2,1-2H3,(H,29,32). The number of alkyl halides is 4. The fraction of sp³-hybridized carbons (Fsp3) is 0.364. The zero-order valence-corrected chi connectivity index (χ0v) is 18.0. The predicted octanol–water partition coefficient (Wildman–Crippen LogP) is 2.70. The minimum absolute atomic E-state index is 0.00415. The number of nitrogens with two attached hydrogens (primary N) is 1. The molecule has 0 heterocycles. The number of anilines is 1. The number of carbonyl (C=O) groups excluding carboxylic acids is 1. The Kier molecular flexibility index (Phi) is 8.39. The van der Waals surface area contributed by atoms with Crippen LogP contribution in [0.4, 0.5) is 23.2 Å². The van der Waals surface area contributed by atoms with Crippen LogP contribution in [0.25, 0.3) is 0 Å². The van der Waals surface area contributed by atoms with Gasteiger partial charge in [-0.2, -0.15) is 13.2 Å². The summed E-state index contributed by atoms with van der Waals surface area (Å²) < 4.78 is 57.9. The molecule has 5 N–H and O–H groups in total. The van der Waals surface area contributed by atoms with Crippen molar-refractivity contribution in [3.63, 3.8) is 0 Å². The molecule has 0 spiro atoms. The summed E-state index contributed by atoms with van der Waals surface area (Å²) in [5, 5.41) is 21.2. The van der Waals surface area contributed by atoms with Gasteiger partial charge < -0.3 is 26.0 Å². The maximum Gasteiger partial charge on any atom is 0.423 e. The van der Waals surface area contributed by atoms with Gasteiger partial charge in [-0.1, -0.05) is 24.3 Å². The SMILES string of the molecule is CN=C(C(=O)NC(C)(CO)CO)c1cc(OCc2ccccc2C(F)C(F)(F)F)ccc1N. The molecular weight excluding hydrogens is 446 g/mol. The Morgan fingerprint density at radius 3 is 2.39 bits per heavy atom. The Labute approximate surface area is 187 Å². The molecule has 7 nitrogen and oxygen atoms in total. The summed E-state index contributed by atoms with van der Waals surface area (Å²) in [5.74, 6) is -0.569. The summed E-state index contributed by atoms with van der Waals surface area (Å²) in [6.45, 7) is 0.00105. The van der Waals surface area contributed by atoms with Gasteiger partial charge in [0.2, 0.25) is 6.17 Å². The maximum atomic E-state index is 13.9. The van der Waals surface area contributed by atoms with E-state index in [2.05, 4.69) is 10.3 Å². The van der Waals surface area contributed by atoms with Crippen LogP contribution in [-0.2, 0) is 11.4 Å². The number of rotatable bonds is 9. The number of aliphatic hydroxyl groups is 2. The first-order chi connectivity index (χ1) is 15.5. The van der Waals surface area contributed by atoms with E-state index in [1.165, 1.54) is 50.4 Å². The Hall–Kier alpha value is -3.18. The van der Waals surface area contributed by atoms with Crippen molar-refractivity contribution in [3.05, 3.63) is 59.2 Å². The molecule has 1 amide bonds. The van der Waals surface area contributed by atoms with Crippen molar-refractivity contribution in [2.75, 3.05) is 26.0 Å². The second kappa shape index (κ2) is 10.6. The molecule has 1 unspecified atom stereocenters. The van der Waals surface area contributed by atoms with Crippen LogP contribution in [-0.4, -0.2) is 53.8 Å². The molecule has 0 saturated carbocycles. The van der Waals surface area contributed by atoms with Gasteiger partial charge in [0.25, 0.3) is 5.91 Å². The third-order valence-electron chi connectivity index (χ3n) is 4.84. The van der Waals surface area contributed by atoms with Crippen molar-refractivity contribution in [1.29, 1.82) is 0 Å². The van der Waals surface area contributed by atoms with E-state index < -0.39 is 42.6 Å². The van der Waals surface area contributed by atoms with E-state index in [1.807, 2.05) is 0 Å². The van der Waals surface area contributed by atoms with Gasteiger partial charge in [0.1, 0.15) is 18.1 Å². The molecule has 0 aliphatic carbocycles. The Morgan fingerprint density at radius 1 is 1.18 bits per heavy atom. The minimum Gasteiger partial charge on any atom is -0.489 e. The molecule has 0 saturated heterocycles. The normalized spacial score (nSPS) is 13.5. The number of aliphatic hydroxyl groups excluding tert-OH is 2. The Morgan fingerprint density at radius 2 is 1.82 bits per heavy atom. The lowest BCUT2D eigenvalue weighted by molar-refractivity contribution is -0.183. The fourth-order valence-electron chi connectivity index (χ4n) is 2.89. The Bertz CT molecular complexity index is 1010. The van der Waals surface area contributed by atoms with Gasteiger partial charge in [0.05, 0.1) is 18.8 Å². The lowest BCUT2D eigenvalue weighted by Gasteiger charge is -2.26. The average molecular weight is 471 g/mol. The maximum absolute atomic E-state index is 13.9. The van der Waals surface area contributed by atoms with Crippen molar-refractivity contribution < 1.29 is 37.3 Å². The minimum atomic E-state index is -5.05. The van der Waals surface area contributed by atoms with Gasteiger partial charge >= 0.3 is 6.18 Å². The van der Waals surface area contributed by atoms with E-state index in [4.69, 9.17) is 10.5 Å². The molecule has 11 heteroatoms. The Balaban J connectivity index is 2.27. The summed E-state index contributed by atoms with van der Waals surface area (Å²) in [6, 6.07) is 9.35. The molecule has 0 bridgehead atoms. The molecule has 2 aromatic carbocycles. The molecule has 0 aliphatic heterocycles. The number of nitrogen functional groups attached to an aromatic ring is 1. The second-order valence-corrected chi connectivity index (χ2v) is 7.54. The van der Waals surface area contributed by atoms with Gasteiger partial charge in [0, 0.05) is 23.9 Å². The van der Waals surface area contributed by atoms with Crippen LogP contribution in [0.3, 0.4) is 0 Å². The first kappa shape index (κ1) is 26.1. The van der Waals surface area contributed by atoms with E-state index in [0.717, 1.165) is 6.07 Å². The zero-order chi connectivity index (χ0) is 24.8. The predicted molar refractivity (Wildman–Crippen MR) is 115 cm³/mol. The van der Waals surface area contributed by atoms with E-state index in [9.17, 15) is 32.6 Å². The van der Waals surface area contributed by atoms with Crippen LogP contribution >= 0.6 is 0 Å². The molecule has 1 atom stereocenters. The van der Waals surface area contributed by atoms with Crippen LogP contribution < -0.4 is 15.8 Å². The van der Waals surface area contributed by atoms with Crippen molar-refractivity contribution in [3.8, 4) is 5.75 Å². The highest BCUT2D eigenvalue weighted by Crippen LogP contribution is 2.37. The number of hydrogen-bond acceptors (Lipinski definition) is 6. The highest BCUT2D eigenvalue weighted by Gasteiger charge is 2.42. The number of aliphatic imine (C=N–C) groups is 1. The van der Waals surface area contributed by atoms with Crippen LogP contribution in [0.5, 0.6) is 5.75 Å². The third kappa shape index (κ3) is 6.42. The number of halogens is 4. The zero-order valence-electron chi connectivity index (χ0n) is 18.0. The number of hydrogen-bond donors (Lipinski definition) is 4. The van der Waals surface area contributed by atoms with E-state index >= 15 is 0 Å². The number of amides is 1. The smallest absolute Gasteiger partial charge is 0.423 e. The van der Waals surface area contributed by atoms with Gasteiger partial charge in [-0.25, -0.2) is 4.39 Å². The second-order valence-electron chi connectivity index (χ2n) is 7.54. The van der Waals surface area contributed by atoms with E-state index in [1.54, 1.807) is 0 Å². The van der Waals surface area contributed by atoms with Gasteiger partial charge in [-0.15, -0.1) is 0 Å². The summed E-state index contributed by atoms with van der Waals surface area (Å²) in [6.07, 6.45) is -8.21. The first-order valence-corrected chi connectivity index (χ1v) is 9.78. The molecule has 2 aromatic rings. The lowest BCUT2D eigenvalue weighted by Crippen LogP contribution is -2.53. The molecule has 0 aromatic heterocycles. The summed E-state index contributed by atoms with van der Waals surface area (Å²) in [5.41, 5.74) is 4.32. The van der Waals surface area contributed by atoms with Gasteiger partial charge in [-0.05, 0) is 30.7 Å².